The first-order valence-electron chi connectivity index (χ1n) is 10.7. The van der Waals surface area contributed by atoms with E-state index < -0.39 is 7.82 Å². The SMILES string of the molecule is CCCCCCCCCCCCCCCCC12COP(=O)(OC1)OC2. The highest BCUT2D eigenvalue weighted by Crippen LogP contribution is 2.60. The van der Waals surface area contributed by atoms with Crippen LogP contribution in [-0.2, 0) is 18.1 Å². The van der Waals surface area contributed by atoms with Gasteiger partial charge in [-0.3, -0.25) is 13.6 Å². The van der Waals surface area contributed by atoms with Crippen LogP contribution in [0.5, 0.6) is 0 Å². The van der Waals surface area contributed by atoms with Gasteiger partial charge in [0, 0.05) is 5.41 Å². The summed E-state index contributed by atoms with van der Waals surface area (Å²) >= 11 is 0. The Morgan fingerprint density at radius 1 is 0.640 bits per heavy atom. The lowest BCUT2D eigenvalue weighted by Gasteiger charge is -2.44. The molecule has 0 aromatic carbocycles. The van der Waals surface area contributed by atoms with Crippen molar-refractivity contribution in [1.29, 1.82) is 0 Å². The summed E-state index contributed by atoms with van der Waals surface area (Å²) in [4.78, 5) is 0. The predicted octanol–water partition coefficient (Wildman–Crippen LogP) is 7.03. The fourth-order valence-corrected chi connectivity index (χ4v) is 5.32. The lowest BCUT2D eigenvalue weighted by Crippen LogP contribution is -2.44. The number of phosphoric ester groups is 1. The fraction of sp³-hybridized carbons (Fsp3) is 1.00. The van der Waals surface area contributed by atoms with Crippen LogP contribution in [0.1, 0.15) is 103 Å². The van der Waals surface area contributed by atoms with E-state index in [-0.39, 0.29) is 5.41 Å². The van der Waals surface area contributed by atoms with Crippen LogP contribution in [0.15, 0.2) is 0 Å². The van der Waals surface area contributed by atoms with Crippen molar-refractivity contribution in [2.45, 2.75) is 103 Å². The van der Waals surface area contributed by atoms with Crippen LogP contribution in [0.25, 0.3) is 0 Å². The quantitative estimate of drug-likeness (QED) is 0.228. The molecular formula is C20H39O4P. The van der Waals surface area contributed by atoms with Crippen LogP contribution in [0.4, 0.5) is 0 Å². The van der Waals surface area contributed by atoms with Gasteiger partial charge in [-0.15, -0.1) is 0 Å². The van der Waals surface area contributed by atoms with Crippen molar-refractivity contribution < 1.29 is 18.1 Å². The molecule has 3 aliphatic rings. The zero-order valence-electron chi connectivity index (χ0n) is 16.3. The van der Waals surface area contributed by atoms with Crippen LogP contribution < -0.4 is 0 Å². The van der Waals surface area contributed by atoms with E-state index in [1.807, 2.05) is 0 Å². The molecular weight excluding hydrogens is 335 g/mol. The van der Waals surface area contributed by atoms with Gasteiger partial charge < -0.3 is 0 Å². The van der Waals surface area contributed by atoms with E-state index in [0.717, 1.165) is 6.42 Å². The lowest BCUT2D eigenvalue weighted by atomic mass is 9.85. The molecule has 4 nitrogen and oxygen atoms in total. The summed E-state index contributed by atoms with van der Waals surface area (Å²) in [6.07, 6.45) is 20.4. The van der Waals surface area contributed by atoms with Crippen molar-refractivity contribution in [2.24, 2.45) is 5.41 Å². The average molecular weight is 375 g/mol. The zero-order chi connectivity index (χ0) is 17.8. The monoisotopic (exact) mass is 374 g/mol. The van der Waals surface area contributed by atoms with Crippen molar-refractivity contribution >= 4 is 7.82 Å². The third-order valence-corrected chi connectivity index (χ3v) is 6.98. The van der Waals surface area contributed by atoms with E-state index in [1.54, 1.807) is 0 Å². The maximum atomic E-state index is 11.7. The minimum absolute atomic E-state index is 0.0384. The van der Waals surface area contributed by atoms with E-state index in [1.165, 1.54) is 89.9 Å². The Balaban J connectivity index is 1.33. The van der Waals surface area contributed by atoms with Gasteiger partial charge in [0.2, 0.25) is 0 Å². The molecule has 3 aliphatic heterocycles. The lowest BCUT2D eigenvalue weighted by molar-refractivity contribution is -0.0982. The molecule has 148 valence electrons. The molecule has 3 heterocycles. The van der Waals surface area contributed by atoms with E-state index in [0.29, 0.717) is 19.8 Å². The highest BCUT2D eigenvalue weighted by Gasteiger charge is 2.49. The molecule has 0 aliphatic carbocycles. The van der Waals surface area contributed by atoms with Crippen molar-refractivity contribution in [1.82, 2.24) is 0 Å². The molecule has 3 rings (SSSR count). The zero-order valence-corrected chi connectivity index (χ0v) is 17.2. The Morgan fingerprint density at radius 3 is 1.40 bits per heavy atom. The third kappa shape index (κ3) is 8.12. The number of hydrogen-bond acceptors (Lipinski definition) is 4. The van der Waals surface area contributed by atoms with Gasteiger partial charge in [0.1, 0.15) is 0 Å². The molecule has 0 amide bonds. The van der Waals surface area contributed by atoms with Crippen LogP contribution in [0.2, 0.25) is 0 Å². The van der Waals surface area contributed by atoms with Crippen molar-refractivity contribution in [3.05, 3.63) is 0 Å². The molecule has 3 saturated heterocycles. The van der Waals surface area contributed by atoms with E-state index >= 15 is 0 Å². The first-order chi connectivity index (χ1) is 12.2. The largest absolute Gasteiger partial charge is 0.474 e. The molecule has 0 aromatic rings. The summed E-state index contributed by atoms with van der Waals surface area (Å²) in [5, 5.41) is 0. The summed E-state index contributed by atoms with van der Waals surface area (Å²) in [5.74, 6) is 0. The molecule has 25 heavy (non-hydrogen) atoms. The van der Waals surface area contributed by atoms with Crippen LogP contribution in [0.3, 0.4) is 0 Å². The first kappa shape index (κ1) is 21.4. The second kappa shape index (κ2) is 11.7. The number of phosphoric acid groups is 1. The van der Waals surface area contributed by atoms with Gasteiger partial charge in [0.15, 0.2) is 0 Å². The molecule has 0 spiro atoms. The molecule has 5 heteroatoms. The minimum Gasteiger partial charge on any atom is -0.286 e. The summed E-state index contributed by atoms with van der Waals surface area (Å²) in [6, 6.07) is 0. The number of hydrogen-bond donors (Lipinski definition) is 0. The van der Waals surface area contributed by atoms with Gasteiger partial charge in [-0.25, -0.2) is 4.57 Å². The van der Waals surface area contributed by atoms with Gasteiger partial charge in [-0.2, -0.15) is 0 Å². The van der Waals surface area contributed by atoms with Crippen molar-refractivity contribution in [3.8, 4) is 0 Å². The molecule has 0 radical (unpaired) electrons. The highest BCUT2D eigenvalue weighted by molar-refractivity contribution is 7.48. The van der Waals surface area contributed by atoms with Gasteiger partial charge in [-0.1, -0.05) is 96.8 Å². The van der Waals surface area contributed by atoms with E-state index in [2.05, 4.69) is 6.92 Å². The Labute approximate surface area is 155 Å². The van der Waals surface area contributed by atoms with Crippen molar-refractivity contribution in [2.75, 3.05) is 19.8 Å². The summed E-state index contributed by atoms with van der Waals surface area (Å²) in [6.45, 7) is 3.91. The molecule has 0 N–H and O–H groups in total. The molecule has 0 unspecified atom stereocenters. The van der Waals surface area contributed by atoms with Crippen LogP contribution in [-0.4, -0.2) is 19.8 Å². The number of rotatable bonds is 15. The second-order valence-corrected chi connectivity index (χ2v) is 9.78. The highest BCUT2D eigenvalue weighted by atomic mass is 31.2. The Kier molecular flexibility index (Phi) is 10.1. The minimum atomic E-state index is -3.14. The molecule has 2 bridgehead atoms. The standard InChI is InChI=1S/C20H39O4P/c1-2-3-4-5-6-7-8-9-10-11-12-13-14-15-16-20-17-22-25(21,23-18-20)24-19-20/h2-19H2,1H3. The number of fused-ring (bicyclic) bond motifs is 3. The Bertz CT molecular complexity index is 368. The molecule has 0 aromatic heterocycles. The fourth-order valence-electron chi connectivity index (χ4n) is 3.80. The molecule has 3 fully saturated rings. The topological polar surface area (TPSA) is 44.8 Å². The molecule has 0 atom stereocenters. The predicted molar refractivity (Wildman–Crippen MR) is 103 cm³/mol. The van der Waals surface area contributed by atoms with Gasteiger partial charge in [0.05, 0.1) is 19.8 Å². The van der Waals surface area contributed by atoms with Gasteiger partial charge >= 0.3 is 7.82 Å². The third-order valence-electron chi connectivity index (χ3n) is 5.65. The summed E-state index contributed by atoms with van der Waals surface area (Å²) < 4.78 is 27.5. The maximum Gasteiger partial charge on any atom is 0.474 e. The number of unbranched alkanes of at least 4 members (excludes halogenated alkanes) is 13. The Hall–Kier alpha value is 0.110. The smallest absolute Gasteiger partial charge is 0.286 e. The molecule has 0 saturated carbocycles. The maximum absolute atomic E-state index is 11.7. The van der Waals surface area contributed by atoms with Gasteiger partial charge in [-0.05, 0) is 6.42 Å². The average Bonchev–Trinajstić information content (AvgIpc) is 2.63. The normalized spacial score (nSPS) is 28.5. The van der Waals surface area contributed by atoms with Crippen molar-refractivity contribution in [3.63, 3.8) is 0 Å². The first-order valence-corrected chi connectivity index (χ1v) is 12.2. The second-order valence-electron chi connectivity index (χ2n) is 8.11. The summed E-state index contributed by atoms with van der Waals surface area (Å²) in [5.41, 5.74) is -0.0384. The Morgan fingerprint density at radius 2 is 1.00 bits per heavy atom. The summed E-state index contributed by atoms with van der Waals surface area (Å²) in [7, 11) is -3.14. The van der Waals surface area contributed by atoms with Gasteiger partial charge in [0.25, 0.3) is 0 Å². The van der Waals surface area contributed by atoms with Crippen LogP contribution >= 0.6 is 7.82 Å². The van der Waals surface area contributed by atoms with E-state index in [9.17, 15) is 4.57 Å². The van der Waals surface area contributed by atoms with E-state index in [4.69, 9.17) is 13.6 Å². The van der Waals surface area contributed by atoms with Crippen LogP contribution in [0, 0.1) is 5.41 Å².